The minimum absolute atomic E-state index is 0.250. The molecule has 0 radical (unpaired) electrons. The summed E-state index contributed by atoms with van der Waals surface area (Å²) < 4.78 is 23.8. The van der Waals surface area contributed by atoms with E-state index in [0.717, 1.165) is 11.3 Å². The van der Waals surface area contributed by atoms with E-state index in [9.17, 15) is 14.3 Å². The number of halogens is 1. The molecule has 2 aromatic rings. The molecule has 2 fully saturated rings. The van der Waals surface area contributed by atoms with E-state index < -0.39 is 11.7 Å². The smallest absolute Gasteiger partial charge is 0.414 e. The molecular weight excluding hydrogens is 375 g/mol. The maximum Gasteiger partial charge on any atom is 0.414 e. The molecule has 29 heavy (non-hydrogen) atoms. The van der Waals surface area contributed by atoms with Gasteiger partial charge < -0.3 is 14.6 Å². The van der Waals surface area contributed by atoms with Crippen LogP contribution in [0.2, 0.25) is 0 Å². The van der Waals surface area contributed by atoms with Crippen molar-refractivity contribution in [3.63, 3.8) is 0 Å². The fraction of sp³-hybridized carbons (Fsp3) is 0.409. The molecule has 1 unspecified atom stereocenters. The topological polar surface area (TPSA) is 62.2 Å². The van der Waals surface area contributed by atoms with E-state index in [0.29, 0.717) is 44.7 Å². The summed E-state index contributed by atoms with van der Waals surface area (Å²) in [7, 11) is 1.62. The summed E-state index contributed by atoms with van der Waals surface area (Å²) >= 11 is 0. The Kier molecular flexibility index (Phi) is 5.43. The summed E-state index contributed by atoms with van der Waals surface area (Å²) in [4.78, 5) is 15.9. The van der Waals surface area contributed by atoms with Crippen LogP contribution in [0.5, 0.6) is 5.75 Å². The lowest BCUT2D eigenvalue weighted by atomic mass is 9.84. The molecule has 2 aliphatic rings. The maximum absolute atomic E-state index is 13.1. The molecular formula is C22H25FN2O4. The van der Waals surface area contributed by atoms with Crippen LogP contribution >= 0.6 is 0 Å². The lowest BCUT2D eigenvalue weighted by molar-refractivity contribution is -0.0325. The van der Waals surface area contributed by atoms with Gasteiger partial charge in [-0.1, -0.05) is 12.1 Å². The Morgan fingerprint density at radius 2 is 1.79 bits per heavy atom. The van der Waals surface area contributed by atoms with Crippen molar-refractivity contribution in [3.8, 4) is 5.75 Å². The van der Waals surface area contributed by atoms with E-state index in [1.54, 1.807) is 19.2 Å². The van der Waals surface area contributed by atoms with Crippen LogP contribution in [0.3, 0.4) is 0 Å². The predicted octanol–water partition coefficient (Wildman–Crippen LogP) is 3.14. The number of benzene rings is 2. The molecule has 7 heteroatoms. The van der Waals surface area contributed by atoms with E-state index in [4.69, 9.17) is 9.47 Å². The van der Waals surface area contributed by atoms with Crippen molar-refractivity contribution in [1.29, 1.82) is 0 Å². The molecule has 2 aromatic carbocycles. The van der Waals surface area contributed by atoms with Crippen molar-refractivity contribution in [2.24, 2.45) is 0 Å². The van der Waals surface area contributed by atoms with Gasteiger partial charge in [0.2, 0.25) is 0 Å². The molecule has 2 heterocycles. The van der Waals surface area contributed by atoms with E-state index >= 15 is 0 Å². The number of carbonyl (C=O) groups excluding carboxylic acids is 1. The fourth-order valence-electron chi connectivity index (χ4n) is 4.03. The second-order valence-corrected chi connectivity index (χ2v) is 7.65. The predicted molar refractivity (Wildman–Crippen MR) is 107 cm³/mol. The van der Waals surface area contributed by atoms with Crippen LogP contribution < -0.4 is 9.64 Å². The monoisotopic (exact) mass is 400 g/mol. The van der Waals surface area contributed by atoms with Crippen molar-refractivity contribution < 1.29 is 23.8 Å². The third kappa shape index (κ3) is 4.21. The van der Waals surface area contributed by atoms with Crippen molar-refractivity contribution in [1.82, 2.24) is 4.90 Å². The number of carbonyl (C=O) groups is 1. The number of nitrogens with zero attached hydrogens (tertiary/aromatic N) is 2. The van der Waals surface area contributed by atoms with Gasteiger partial charge in [0.1, 0.15) is 17.7 Å². The molecule has 4 rings (SSSR count). The molecule has 1 N–H and O–H groups in total. The minimum atomic E-state index is -0.852. The van der Waals surface area contributed by atoms with Gasteiger partial charge in [-0.3, -0.25) is 9.80 Å². The van der Waals surface area contributed by atoms with Crippen LogP contribution in [-0.4, -0.2) is 55.5 Å². The third-order valence-corrected chi connectivity index (χ3v) is 5.78. The highest BCUT2D eigenvalue weighted by Crippen LogP contribution is 2.34. The molecule has 0 aliphatic carbocycles. The number of hydrogen-bond donors (Lipinski definition) is 1. The zero-order valence-electron chi connectivity index (χ0n) is 16.4. The molecule has 2 aliphatic heterocycles. The van der Waals surface area contributed by atoms with Crippen molar-refractivity contribution in [2.45, 2.75) is 24.5 Å². The normalized spacial score (nSPS) is 21.8. The number of ether oxygens (including phenoxy) is 2. The van der Waals surface area contributed by atoms with Crippen LogP contribution in [-0.2, 0) is 10.3 Å². The van der Waals surface area contributed by atoms with E-state index in [2.05, 4.69) is 4.90 Å². The first-order chi connectivity index (χ1) is 14.0. The first kappa shape index (κ1) is 19.7. The van der Waals surface area contributed by atoms with Crippen LogP contribution in [0, 0.1) is 5.82 Å². The molecule has 0 saturated carbocycles. The van der Waals surface area contributed by atoms with Crippen LogP contribution in [0.15, 0.2) is 48.5 Å². The van der Waals surface area contributed by atoms with E-state index in [1.807, 2.05) is 24.3 Å². The highest BCUT2D eigenvalue weighted by molar-refractivity contribution is 5.89. The summed E-state index contributed by atoms with van der Waals surface area (Å²) in [5, 5.41) is 11.0. The zero-order chi connectivity index (χ0) is 20.4. The van der Waals surface area contributed by atoms with E-state index in [1.165, 1.54) is 17.0 Å². The lowest BCUT2D eigenvalue weighted by Crippen LogP contribution is -2.45. The number of amides is 1. The Labute approximate surface area is 169 Å². The molecule has 1 amide bonds. The molecule has 1 atom stereocenters. The second-order valence-electron chi connectivity index (χ2n) is 7.65. The molecule has 154 valence electrons. The van der Waals surface area contributed by atoms with Crippen LogP contribution in [0.25, 0.3) is 0 Å². The fourth-order valence-corrected chi connectivity index (χ4v) is 4.03. The molecule has 0 bridgehead atoms. The average Bonchev–Trinajstić information content (AvgIpc) is 3.10. The molecule has 0 aromatic heterocycles. The van der Waals surface area contributed by atoms with Gasteiger partial charge in [0.15, 0.2) is 0 Å². The summed E-state index contributed by atoms with van der Waals surface area (Å²) in [6.45, 7) is 2.48. The Hall–Kier alpha value is -2.64. The van der Waals surface area contributed by atoms with Gasteiger partial charge in [-0.05, 0) is 54.8 Å². The highest BCUT2D eigenvalue weighted by Gasteiger charge is 2.37. The summed E-state index contributed by atoms with van der Waals surface area (Å²) in [6, 6.07) is 13.4. The first-order valence-electron chi connectivity index (χ1n) is 9.80. The Bertz CT molecular complexity index is 848. The first-order valence-corrected chi connectivity index (χ1v) is 9.80. The van der Waals surface area contributed by atoms with Crippen molar-refractivity contribution in [2.75, 3.05) is 38.2 Å². The second kappa shape index (κ2) is 8.00. The molecule has 2 saturated heterocycles. The average molecular weight is 400 g/mol. The van der Waals surface area contributed by atoms with Crippen molar-refractivity contribution in [3.05, 3.63) is 59.9 Å². The standard InChI is InChI=1S/C22H25FN2O4/c1-28-19-8-2-16(3-9-19)22(27)10-12-24(13-11-22)14-20-15-25(21(26)29-20)18-6-4-17(23)5-7-18/h2-9,20,27H,10-15H2,1H3. The van der Waals surface area contributed by atoms with Gasteiger partial charge in [0, 0.05) is 25.3 Å². The summed E-state index contributed by atoms with van der Waals surface area (Å²) in [5.74, 6) is 0.430. The summed E-state index contributed by atoms with van der Waals surface area (Å²) in [5.41, 5.74) is 0.675. The quantitative estimate of drug-likeness (QED) is 0.836. The maximum atomic E-state index is 13.1. The third-order valence-electron chi connectivity index (χ3n) is 5.78. The highest BCUT2D eigenvalue weighted by atomic mass is 19.1. The van der Waals surface area contributed by atoms with Gasteiger partial charge in [-0.2, -0.15) is 0 Å². The number of piperidine rings is 1. The summed E-state index contributed by atoms with van der Waals surface area (Å²) in [6.07, 6.45) is 0.566. The van der Waals surface area contributed by atoms with Gasteiger partial charge >= 0.3 is 6.09 Å². The minimum Gasteiger partial charge on any atom is -0.497 e. The molecule has 6 nitrogen and oxygen atoms in total. The Balaban J connectivity index is 1.32. The number of cyclic esters (lactones) is 1. The number of rotatable bonds is 5. The van der Waals surface area contributed by atoms with Gasteiger partial charge in [-0.15, -0.1) is 0 Å². The number of likely N-dealkylation sites (tertiary alicyclic amines) is 1. The van der Waals surface area contributed by atoms with Crippen LogP contribution in [0.1, 0.15) is 18.4 Å². The Morgan fingerprint density at radius 3 is 2.41 bits per heavy atom. The number of aliphatic hydroxyl groups is 1. The SMILES string of the molecule is COc1ccc(C2(O)CCN(CC3CN(c4ccc(F)cc4)C(=O)O3)CC2)cc1. The lowest BCUT2D eigenvalue weighted by Gasteiger charge is -2.39. The number of anilines is 1. The molecule has 0 spiro atoms. The zero-order valence-corrected chi connectivity index (χ0v) is 16.4. The number of methoxy groups -OCH3 is 1. The largest absolute Gasteiger partial charge is 0.497 e. The number of hydrogen-bond acceptors (Lipinski definition) is 5. The van der Waals surface area contributed by atoms with Gasteiger partial charge in [0.25, 0.3) is 0 Å². The van der Waals surface area contributed by atoms with Gasteiger partial charge in [0.05, 0.1) is 19.3 Å². The van der Waals surface area contributed by atoms with Crippen molar-refractivity contribution >= 4 is 11.8 Å². The van der Waals surface area contributed by atoms with E-state index in [-0.39, 0.29) is 11.9 Å². The van der Waals surface area contributed by atoms with Gasteiger partial charge in [-0.25, -0.2) is 9.18 Å². The van der Waals surface area contributed by atoms with Crippen LogP contribution in [0.4, 0.5) is 14.9 Å². The Morgan fingerprint density at radius 1 is 1.14 bits per heavy atom.